The predicted molar refractivity (Wildman–Crippen MR) is 101 cm³/mol. The van der Waals surface area contributed by atoms with Gasteiger partial charge in [0.05, 0.1) is 5.92 Å². The number of aryl methyl sites for hydroxylation is 3. The predicted octanol–water partition coefficient (Wildman–Crippen LogP) is 3.86. The summed E-state index contributed by atoms with van der Waals surface area (Å²) >= 11 is 0. The molecule has 1 fully saturated rings. The summed E-state index contributed by atoms with van der Waals surface area (Å²) in [6.45, 7) is 6.60. The zero-order valence-electron chi connectivity index (χ0n) is 15.0. The Labute approximate surface area is 148 Å². The molecule has 130 valence electrons. The fraction of sp³-hybridized carbons (Fsp3) is 0.333. The molecule has 2 amide bonds. The van der Waals surface area contributed by atoms with Gasteiger partial charge in [-0.05, 0) is 61.2 Å². The van der Waals surface area contributed by atoms with Crippen LogP contribution in [0.1, 0.15) is 30.0 Å². The summed E-state index contributed by atoms with van der Waals surface area (Å²) in [5.74, 6) is -0.409. The van der Waals surface area contributed by atoms with Gasteiger partial charge in [-0.15, -0.1) is 0 Å². The van der Waals surface area contributed by atoms with Gasteiger partial charge < -0.3 is 10.2 Å². The molecular formula is C21H24N2O2. The fourth-order valence-corrected chi connectivity index (χ4v) is 3.09. The van der Waals surface area contributed by atoms with Crippen molar-refractivity contribution in [3.63, 3.8) is 0 Å². The number of hydrogen-bond acceptors (Lipinski definition) is 2. The molecule has 1 heterocycles. The van der Waals surface area contributed by atoms with Crippen LogP contribution in [0, 0.1) is 19.8 Å². The molecule has 2 aromatic rings. The lowest BCUT2D eigenvalue weighted by atomic mass is 10.1. The quantitative estimate of drug-likeness (QED) is 0.922. The molecule has 0 saturated carbocycles. The van der Waals surface area contributed by atoms with Crippen LogP contribution in [-0.4, -0.2) is 18.4 Å². The molecule has 2 aromatic carbocycles. The van der Waals surface area contributed by atoms with Gasteiger partial charge in [0.1, 0.15) is 0 Å². The number of carbonyl (C=O) groups excluding carboxylic acids is 2. The van der Waals surface area contributed by atoms with E-state index in [9.17, 15) is 9.59 Å². The highest BCUT2D eigenvalue weighted by Gasteiger charge is 2.35. The molecule has 1 aliphatic rings. The van der Waals surface area contributed by atoms with Gasteiger partial charge in [0.25, 0.3) is 0 Å². The zero-order valence-corrected chi connectivity index (χ0v) is 15.0. The normalized spacial score (nSPS) is 17.0. The summed E-state index contributed by atoms with van der Waals surface area (Å²) in [5, 5.41) is 2.93. The number of nitrogens with zero attached hydrogens (tertiary/aromatic N) is 1. The lowest BCUT2D eigenvalue weighted by Crippen LogP contribution is -2.28. The van der Waals surface area contributed by atoms with E-state index >= 15 is 0 Å². The van der Waals surface area contributed by atoms with Crippen molar-refractivity contribution in [2.45, 2.75) is 33.6 Å². The molecule has 1 aliphatic heterocycles. The smallest absolute Gasteiger partial charge is 0.229 e. The molecule has 4 nitrogen and oxygen atoms in total. The summed E-state index contributed by atoms with van der Waals surface area (Å²) in [6.07, 6.45) is 1.22. The van der Waals surface area contributed by atoms with Crippen molar-refractivity contribution < 1.29 is 9.59 Å². The molecular weight excluding hydrogens is 312 g/mol. The van der Waals surface area contributed by atoms with Crippen LogP contribution in [-0.2, 0) is 16.0 Å². The summed E-state index contributed by atoms with van der Waals surface area (Å²) in [4.78, 5) is 26.6. The van der Waals surface area contributed by atoms with Gasteiger partial charge in [0.2, 0.25) is 11.8 Å². The SMILES string of the molecule is CCc1ccc(NC(=O)[C@H]2CC(=O)N(c3ccc(C)c(C)c3)C2)cc1. The third-order valence-corrected chi connectivity index (χ3v) is 4.93. The second-order valence-corrected chi connectivity index (χ2v) is 6.71. The second-order valence-electron chi connectivity index (χ2n) is 6.71. The summed E-state index contributed by atoms with van der Waals surface area (Å²) in [7, 11) is 0. The van der Waals surface area contributed by atoms with E-state index in [0.717, 1.165) is 23.4 Å². The van der Waals surface area contributed by atoms with E-state index in [4.69, 9.17) is 0 Å². The van der Waals surface area contributed by atoms with E-state index in [1.165, 1.54) is 11.1 Å². The van der Waals surface area contributed by atoms with Gasteiger partial charge in [0.15, 0.2) is 0 Å². The van der Waals surface area contributed by atoms with Gasteiger partial charge in [-0.2, -0.15) is 0 Å². The van der Waals surface area contributed by atoms with Gasteiger partial charge in [-0.1, -0.05) is 25.1 Å². The van der Waals surface area contributed by atoms with Crippen LogP contribution in [0.25, 0.3) is 0 Å². The van der Waals surface area contributed by atoms with Crippen LogP contribution in [0.3, 0.4) is 0 Å². The Balaban J connectivity index is 1.68. The molecule has 1 N–H and O–H groups in total. The first-order chi connectivity index (χ1) is 12.0. The average molecular weight is 336 g/mol. The topological polar surface area (TPSA) is 49.4 Å². The van der Waals surface area contributed by atoms with E-state index in [0.29, 0.717) is 6.54 Å². The van der Waals surface area contributed by atoms with E-state index in [1.54, 1.807) is 4.90 Å². The maximum Gasteiger partial charge on any atom is 0.229 e. The molecule has 3 rings (SSSR count). The van der Waals surface area contributed by atoms with Crippen LogP contribution in [0.2, 0.25) is 0 Å². The average Bonchev–Trinajstić information content (AvgIpc) is 3.00. The Kier molecular flexibility index (Phi) is 4.88. The van der Waals surface area contributed by atoms with Crippen molar-refractivity contribution in [1.82, 2.24) is 0 Å². The number of nitrogens with one attached hydrogen (secondary N) is 1. The summed E-state index contributed by atoms with van der Waals surface area (Å²) in [5.41, 5.74) is 5.22. The van der Waals surface area contributed by atoms with Gasteiger partial charge in [-0.3, -0.25) is 9.59 Å². The molecule has 0 aliphatic carbocycles. The maximum absolute atomic E-state index is 12.5. The molecule has 1 atom stereocenters. The number of rotatable bonds is 4. The minimum Gasteiger partial charge on any atom is -0.326 e. The first-order valence-corrected chi connectivity index (χ1v) is 8.75. The zero-order chi connectivity index (χ0) is 18.0. The monoisotopic (exact) mass is 336 g/mol. The second kappa shape index (κ2) is 7.09. The Bertz CT molecular complexity index is 796. The van der Waals surface area contributed by atoms with Crippen molar-refractivity contribution in [1.29, 1.82) is 0 Å². The third kappa shape index (κ3) is 3.73. The van der Waals surface area contributed by atoms with E-state index in [1.807, 2.05) is 56.3 Å². The minimum atomic E-state index is -0.319. The maximum atomic E-state index is 12.5. The van der Waals surface area contributed by atoms with Crippen molar-refractivity contribution in [2.24, 2.45) is 5.92 Å². The van der Waals surface area contributed by atoms with Crippen LogP contribution >= 0.6 is 0 Å². The number of amides is 2. The molecule has 4 heteroatoms. The van der Waals surface area contributed by atoms with Crippen molar-refractivity contribution in [3.05, 3.63) is 59.2 Å². The summed E-state index contributed by atoms with van der Waals surface area (Å²) < 4.78 is 0. The summed E-state index contributed by atoms with van der Waals surface area (Å²) in [6, 6.07) is 13.8. The lowest BCUT2D eigenvalue weighted by Gasteiger charge is -2.18. The number of benzene rings is 2. The van der Waals surface area contributed by atoms with Gasteiger partial charge >= 0.3 is 0 Å². The van der Waals surface area contributed by atoms with E-state index < -0.39 is 0 Å². The molecule has 0 unspecified atom stereocenters. The first-order valence-electron chi connectivity index (χ1n) is 8.75. The highest BCUT2D eigenvalue weighted by atomic mass is 16.2. The van der Waals surface area contributed by atoms with Crippen LogP contribution in [0.5, 0.6) is 0 Å². The molecule has 1 saturated heterocycles. The van der Waals surface area contributed by atoms with E-state index in [2.05, 4.69) is 12.2 Å². The number of hydrogen-bond donors (Lipinski definition) is 1. The molecule has 0 bridgehead atoms. The number of carbonyl (C=O) groups is 2. The van der Waals surface area contributed by atoms with Crippen LogP contribution in [0.4, 0.5) is 11.4 Å². The van der Waals surface area contributed by atoms with Gasteiger partial charge in [-0.25, -0.2) is 0 Å². The largest absolute Gasteiger partial charge is 0.326 e. The fourth-order valence-electron chi connectivity index (χ4n) is 3.09. The molecule has 25 heavy (non-hydrogen) atoms. The Morgan fingerprint density at radius 2 is 1.84 bits per heavy atom. The Hall–Kier alpha value is -2.62. The van der Waals surface area contributed by atoms with Crippen molar-refractivity contribution in [3.8, 4) is 0 Å². The molecule has 0 aromatic heterocycles. The molecule has 0 spiro atoms. The standard InChI is InChI=1S/C21H24N2O2/c1-4-16-6-8-18(9-7-16)22-21(25)17-12-20(24)23(13-17)19-10-5-14(2)15(3)11-19/h5-11,17H,4,12-13H2,1-3H3,(H,22,25)/t17-/m0/s1. The van der Waals surface area contributed by atoms with Crippen molar-refractivity contribution in [2.75, 3.05) is 16.8 Å². The third-order valence-electron chi connectivity index (χ3n) is 4.93. The van der Waals surface area contributed by atoms with Crippen LogP contribution < -0.4 is 10.2 Å². The highest BCUT2D eigenvalue weighted by molar-refractivity contribution is 6.03. The van der Waals surface area contributed by atoms with Crippen LogP contribution in [0.15, 0.2) is 42.5 Å². The Morgan fingerprint density at radius 3 is 2.48 bits per heavy atom. The minimum absolute atomic E-state index is 0.00438. The lowest BCUT2D eigenvalue weighted by molar-refractivity contribution is -0.122. The Morgan fingerprint density at radius 1 is 1.12 bits per heavy atom. The highest BCUT2D eigenvalue weighted by Crippen LogP contribution is 2.27. The number of anilines is 2. The molecule has 0 radical (unpaired) electrons. The van der Waals surface area contributed by atoms with E-state index in [-0.39, 0.29) is 24.2 Å². The van der Waals surface area contributed by atoms with Gasteiger partial charge in [0, 0.05) is 24.3 Å². The van der Waals surface area contributed by atoms with Crippen molar-refractivity contribution >= 4 is 23.2 Å². The first kappa shape index (κ1) is 17.2.